The van der Waals surface area contributed by atoms with Gasteiger partial charge in [-0.05, 0) is 55.2 Å². The van der Waals surface area contributed by atoms with Crippen LogP contribution in [0.4, 0.5) is 0 Å². The van der Waals surface area contributed by atoms with Crippen molar-refractivity contribution in [3.63, 3.8) is 0 Å². The fourth-order valence-electron chi connectivity index (χ4n) is 5.43. The monoisotopic (exact) mass is 471 g/mol. The number of aryl methyl sites for hydroxylation is 1. The summed E-state index contributed by atoms with van der Waals surface area (Å²) in [4.78, 5) is 27.3. The van der Waals surface area contributed by atoms with E-state index in [1.807, 2.05) is 32.0 Å². The van der Waals surface area contributed by atoms with Crippen molar-refractivity contribution < 1.29 is 14.3 Å². The lowest BCUT2D eigenvalue weighted by atomic mass is 9.71. The minimum Gasteiger partial charge on any atom is -0.459 e. The van der Waals surface area contributed by atoms with E-state index in [0.717, 1.165) is 54.6 Å². The van der Waals surface area contributed by atoms with Gasteiger partial charge in [0, 0.05) is 29.3 Å². The second kappa shape index (κ2) is 11.1. The van der Waals surface area contributed by atoms with Gasteiger partial charge in [-0.1, -0.05) is 81.8 Å². The molecule has 0 fully saturated rings. The number of carbonyl (C=O) groups excluding carboxylic acids is 2. The third-order valence-corrected chi connectivity index (χ3v) is 7.38. The molecule has 1 heterocycles. The number of rotatable bonds is 8. The molecule has 184 valence electrons. The van der Waals surface area contributed by atoms with Crippen LogP contribution >= 0.6 is 0 Å². The molecular weight excluding hydrogens is 434 g/mol. The summed E-state index contributed by atoms with van der Waals surface area (Å²) in [7, 11) is 0. The lowest BCUT2D eigenvalue weighted by Gasteiger charge is -2.37. The molecule has 2 aromatic carbocycles. The molecule has 4 nitrogen and oxygen atoms in total. The number of dihydropyridines is 1. The SMILES string of the molecule is CCCC(CC)OC(=O)C1=C(C)NC2=C(C(=O)CC(c3ccccc3)C2)C1c1ccc(CC)cc1. The first-order valence-electron chi connectivity index (χ1n) is 13.0. The van der Waals surface area contributed by atoms with E-state index in [2.05, 4.69) is 55.6 Å². The van der Waals surface area contributed by atoms with Crippen molar-refractivity contribution >= 4 is 11.8 Å². The van der Waals surface area contributed by atoms with Gasteiger partial charge in [0.1, 0.15) is 6.10 Å². The van der Waals surface area contributed by atoms with Crippen molar-refractivity contribution in [2.75, 3.05) is 0 Å². The Morgan fingerprint density at radius 1 is 1.00 bits per heavy atom. The average Bonchev–Trinajstić information content (AvgIpc) is 2.88. The first kappa shape index (κ1) is 25.0. The van der Waals surface area contributed by atoms with Crippen LogP contribution in [0.2, 0.25) is 0 Å². The topological polar surface area (TPSA) is 55.4 Å². The number of ether oxygens (including phenoxy) is 1. The molecule has 3 atom stereocenters. The van der Waals surface area contributed by atoms with Crippen LogP contribution in [0, 0.1) is 0 Å². The predicted molar refractivity (Wildman–Crippen MR) is 140 cm³/mol. The molecule has 0 radical (unpaired) electrons. The van der Waals surface area contributed by atoms with E-state index < -0.39 is 5.92 Å². The summed E-state index contributed by atoms with van der Waals surface area (Å²) in [6.45, 7) is 8.21. The maximum absolute atomic E-state index is 13.7. The maximum Gasteiger partial charge on any atom is 0.337 e. The molecule has 35 heavy (non-hydrogen) atoms. The number of hydrogen-bond acceptors (Lipinski definition) is 4. The van der Waals surface area contributed by atoms with Gasteiger partial charge in [0.05, 0.1) is 5.57 Å². The summed E-state index contributed by atoms with van der Waals surface area (Å²) in [5, 5.41) is 3.46. The lowest BCUT2D eigenvalue weighted by Crippen LogP contribution is -2.36. The molecule has 1 N–H and O–H groups in total. The first-order valence-corrected chi connectivity index (χ1v) is 13.0. The van der Waals surface area contributed by atoms with Gasteiger partial charge in [-0.25, -0.2) is 4.79 Å². The summed E-state index contributed by atoms with van der Waals surface area (Å²) in [6.07, 6.45) is 4.60. The quantitative estimate of drug-likeness (QED) is 0.434. The largest absolute Gasteiger partial charge is 0.459 e. The zero-order valence-electron chi connectivity index (χ0n) is 21.4. The van der Waals surface area contributed by atoms with Gasteiger partial charge in [0.25, 0.3) is 0 Å². The smallest absolute Gasteiger partial charge is 0.337 e. The Morgan fingerprint density at radius 2 is 1.71 bits per heavy atom. The molecule has 0 aromatic heterocycles. The third kappa shape index (κ3) is 5.27. The molecule has 0 amide bonds. The van der Waals surface area contributed by atoms with Crippen molar-refractivity contribution in [2.24, 2.45) is 0 Å². The highest BCUT2D eigenvalue weighted by atomic mass is 16.5. The zero-order chi connectivity index (χ0) is 24.9. The molecule has 1 aliphatic carbocycles. The fraction of sp³-hybridized carbons (Fsp3) is 0.419. The fourth-order valence-corrected chi connectivity index (χ4v) is 5.43. The molecular formula is C31H37NO3. The van der Waals surface area contributed by atoms with Crippen molar-refractivity contribution in [2.45, 2.75) is 84.2 Å². The van der Waals surface area contributed by atoms with Crippen LogP contribution in [0.1, 0.15) is 88.3 Å². The van der Waals surface area contributed by atoms with E-state index >= 15 is 0 Å². The number of carbonyl (C=O) groups is 2. The van der Waals surface area contributed by atoms with E-state index in [1.165, 1.54) is 11.1 Å². The number of allylic oxidation sites excluding steroid dienone is 3. The van der Waals surface area contributed by atoms with Crippen LogP contribution in [0.15, 0.2) is 77.1 Å². The summed E-state index contributed by atoms with van der Waals surface area (Å²) in [5.41, 5.74) is 6.39. The minimum atomic E-state index is -0.409. The molecule has 2 aromatic rings. The van der Waals surface area contributed by atoms with Crippen LogP contribution in [-0.4, -0.2) is 17.9 Å². The van der Waals surface area contributed by atoms with Gasteiger partial charge >= 0.3 is 5.97 Å². The summed E-state index contributed by atoms with van der Waals surface area (Å²) < 4.78 is 5.98. The predicted octanol–water partition coefficient (Wildman–Crippen LogP) is 6.73. The highest BCUT2D eigenvalue weighted by Gasteiger charge is 2.41. The van der Waals surface area contributed by atoms with Crippen LogP contribution in [0.25, 0.3) is 0 Å². The third-order valence-electron chi connectivity index (χ3n) is 7.38. The van der Waals surface area contributed by atoms with Crippen LogP contribution in [-0.2, 0) is 20.7 Å². The summed E-state index contributed by atoms with van der Waals surface area (Å²) >= 11 is 0. The molecule has 4 rings (SSSR count). The number of Topliss-reactive ketones (excluding diaryl/α,β-unsaturated/α-hetero) is 1. The highest BCUT2D eigenvalue weighted by molar-refractivity contribution is 6.04. The molecule has 1 aliphatic heterocycles. The van der Waals surface area contributed by atoms with Crippen LogP contribution in [0.5, 0.6) is 0 Å². The number of nitrogens with one attached hydrogen (secondary N) is 1. The first-order chi connectivity index (χ1) is 17.0. The Labute approximate surface area is 209 Å². The molecule has 3 unspecified atom stereocenters. The molecule has 2 aliphatic rings. The number of ketones is 1. The second-order valence-corrected chi connectivity index (χ2v) is 9.75. The van der Waals surface area contributed by atoms with Crippen LogP contribution < -0.4 is 5.32 Å². The Hall–Kier alpha value is -3.14. The highest BCUT2D eigenvalue weighted by Crippen LogP contribution is 2.45. The Balaban J connectivity index is 1.75. The van der Waals surface area contributed by atoms with Gasteiger partial charge in [-0.3, -0.25) is 4.79 Å². The molecule has 0 saturated heterocycles. The number of benzene rings is 2. The van der Waals surface area contributed by atoms with E-state index in [4.69, 9.17) is 4.74 Å². The van der Waals surface area contributed by atoms with E-state index in [0.29, 0.717) is 12.0 Å². The Morgan fingerprint density at radius 3 is 2.34 bits per heavy atom. The van der Waals surface area contributed by atoms with E-state index in [-0.39, 0.29) is 23.8 Å². The molecule has 0 spiro atoms. The van der Waals surface area contributed by atoms with E-state index in [9.17, 15) is 9.59 Å². The normalized spacial score (nSPS) is 20.9. The standard InChI is InChI=1S/C31H37NO3/c1-5-11-25(7-3)35-31(34)28-20(4)32-26-18-24(22-12-9-8-10-13-22)19-27(33)30(26)29(28)23-16-14-21(6-2)15-17-23/h8-10,12-17,24-25,29,32H,5-7,11,18-19H2,1-4H3. The molecule has 0 saturated carbocycles. The van der Waals surface area contributed by atoms with E-state index in [1.54, 1.807) is 0 Å². The number of esters is 1. The van der Waals surface area contributed by atoms with Crippen molar-refractivity contribution in [1.29, 1.82) is 0 Å². The number of hydrogen-bond donors (Lipinski definition) is 1. The van der Waals surface area contributed by atoms with Gasteiger partial charge in [0.2, 0.25) is 0 Å². The second-order valence-electron chi connectivity index (χ2n) is 9.75. The van der Waals surface area contributed by atoms with Gasteiger partial charge in [-0.15, -0.1) is 0 Å². The Kier molecular flexibility index (Phi) is 7.90. The lowest BCUT2D eigenvalue weighted by molar-refractivity contribution is -0.145. The van der Waals surface area contributed by atoms with Crippen molar-refractivity contribution in [3.05, 3.63) is 93.8 Å². The Bertz CT molecular complexity index is 1130. The summed E-state index contributed by atoms with van der Waals surface area (Å²) in [5.74, 6) is -0.485. The average molecular weight is 472 g/mol. The van der Waals surface area contributed by atoms with Crippen molar-refractivity contribution in [3.8, 4) is 0 Å². The summed E-state index contributed by atoms with van der Waals surface area (Å²) in [6, 6.07) is 18.6. The van der Waals surface area contributed by atoms with Gasteiger partial charge < -0.3 is 10.1 Å². The molecule has 4 heteroatoms. The van der Waals surface area contributed by atoms with Crippen LogP contribution in [0.3, 0.4) is 0 Å². The maximum atomic E-state index is 13.7. The van der Waals surface area contributed by atoms with Crippen molar-refractivity contribution in [1.82, 2.24) is 5.32 Å². The zero-order valence-corrected chi connectivity index (χ0v) is 21.4. The molecule has 0 bridgehead atoms. The van der Waals surface area contributed by atoms with Gasteiger partial charge in [0.15, 0.2) is 5.78 Å². The minimum absolute atomic E-state index is 0.107. The van der Waals surface area contributed by atoms with Gasteiger partial charge in [-0.2, -0.15) is 0 Å².